The van der Waals surface area contributed by atoms with Crippen LogP contribution < -0.4 is 23.7 Å². The van der Waals surface area contributed by atoms with Crippen molar-refractivity contribution < 1.29 is 23.7 Å². The third-order valence-electron chi connectivity index (χ3n) is 6.23. The number of nitrogens with zero attached hydrogens (tertiary/aromatic N) is 2. The molecule has 7 nitrogen and oxygen atoms in total. The molecule has 0 N–H and O–H groups in total. The van der Waals surface area contributed by atoms with E-state index in [0.717, 1.165) is 33.1 Å². The molecule has 0 amide bonds. The van der Waals surface area contributed by atoms with Gasteiger partial charge in [-0.2, -0.15) is 0 Å². The van der Waals surface area contributed by atoms with Crippen molar-refractivity contribution in [3.05, 3.63) is 89.2 Å². The predicted octanol–water partition coefficient (Wildman–Crippen LogP) is 5.34. The minimum absolute atomic E-state index is 0.230. The Balaban J connectivity index is 1.37. The van der Waals surface area contributed by atoms with E-state index >= 15 is 0 Å². The summed E-state index contributed by atoms with van der Waals surface area (Å²) in [5.74, 6) is 15.6. The fourth-order valence-electron chi connectivity index (χ4n) is 4.31. The maximum atomic E-state index is 5.45. The average molecular weight is 515 g/mol. The molecule has 3 heterocycles. The fourth-order valence-corrected chi connectivity index (χ4v) is 4.31. The summed E-state index contributed by atoms with van der Waals surface area (Å²) in [7, 11) is 4.72. The van der Waals surface area contributed by atoms with E-state index in [1.165, 1.54) is 0 Å². The van der Waals surface area contributed by atoms with Crippen LogP contribution in [-0.2, 0) is 0 Å². The van der Waals surface area contributed by atoms with E-state index in [1.807, 2.05) is 54.6 Å². The third-order valence-corrected chi connectivity index (χ3v) is 6.23. The zero-order chi connectivity index (χ0) is 26.8. The highest BCUT2D eigenvalue weighted by Gasteiger charge is 2.13. The van der Waals surface area contributed by atoms with Gasteiger partial charge in [-0.3, -0.25) is 0 Å². The summed E-state index contributed by atoms with van der Waals surface area (Å²) in [6, 6.07) is 21.1. The van der Waals surface area contributed by atoms with Gasteiger partial charge in [0.15, 0.2) is 23.0 Å². The molecule has 0 atom stereocenters. The smallest absolute Gasteiger partial charge is 0.231 e. The standard InChI is InChI=1S/C32H22N2O5/c1-35-28-17-21(18-29(36-2)32(28)37-3)5-12-25-14-10-23-8-7-22-9-13-24(33-30(22)31(23)34-25)11-4-20-6-15-26-27(16-20)39-19-38-26/h6-10,13-18H,19H2,1-3H3. The SMILES string of the molecule is COc1cc(C#Cc2ccc3ccc4ccc(C#Cc5ccc6c(c5)OCO6)nc4c3n2)cc(OC)c1OC. The van der Waals surface area contributed by atoms with Crippen LogP contribution in [0.2, 0.25) is 0 Å². The van der Waals surface area contributed by atoms with E-state index < -0.39 is 0 Å². The number of ether oxygens (including phenoxy) is 5. The lowest BCUT2D eigenvalue weighted by molar-refractivity contribution is 0.174. The van der Waals surface area contributed by atoms with E-state index in [9.17, 15) is 0 Å². The fraction of sp³-hybridized carbons (Fsp3) is 0.125. The van der Waals surface area contributed by atoms with Gasteiger partial charge < -0.3 is 23.7 Å². The molecule has 0 saturated carbocycles. The molecular formula is C32H22N2O5. The molecule has 0 radical (unpaired) electrons. The highest BCUT2D eigenvalue weighted by Crippen LogP contribution is 2.38. The first-order valence-corrected chi connectivity index (χ1v) is 12.1. The normalized spacial score (nSPS) is 11.4. The van der Waals surface area contributed by atoms with Gasteiger partial charge in [0.25, 0.3) is 0 Å². The van der Waals surface area contributed by atoms with E-state index in [4.69, 9.17) is 33.7 Å². The number of pyridine rings is 2. The first-order valence-electron chi connectivity index (χ1n) is 12.1. The topological polar surface area (TPSA) is 71.9 Å². The second kappa shape index (κ2) is 10.2. The number of aromatic nitrogens is 2. The molecule has 190 valence electrons. The molecule has 0 bridgehead atoms. The van der Waals surface area contributed by atoms with Gasteiger partial charge in [0.1, 0.15) is 11.4 Å². The van der Waals surface area contributed by atoms with Crippen LogP contribution in [-0.4, -0.2) is 38.1 Å². The maximum Gasteiger partial charge on any atom is 0.231 e. The van der Waals surface area contributed by atoms with Gasteiger partial charge in [0.05, 0.1) is 32.4 Å². The number of benzene rings is 3. The Hall–Kier alpha value is -5.40. The summed E-state index contributed by atoms with van der Waals surface area (Å²) in [5.41, 5.74) is 4.31. The predicted molar refractivity (Wildman–Crippen MR) is 148 cm³/mol. The molecule has 2 aromatic heterocycles. The van der Waals surface area contributed by atoms with Crippen LogP contribution in [0.25, 0.3) is 21.8 Å². The van der Waals surface area contributed by atoms with E-state index in [2.05, 4.69) is 23.7 Å². The average Bonchev–Trinajstić information content (AvgIpc) is 3.46. The minimum Gasteiger partial charge on any atom is -0.493 e. The summed E-state index contributed by atoms with van der Waals surface area (Å²) >= 11 is 0. The molecule has 0 unspecified atom stereocenters. The maximum absolute atomic E-state index is 5.45. The number of methoxy groups -OCH3 is 3. The van der Waals surface area contributed by atoms with Crippen molar-refractivity contribution in [2.24, 2.45) is 0 Å². The lowest BCUT2D eigenvalue weighted by atomic mass is 10.1. The molecular weight excluding hydrogens is 492 g/mol. The summed E-state index contributed by atoms with van der Waals surface area (Å²) in [6.45, 7) is 0.230. The van der Waals surface area contributed by atoms with Crippen molar-refractivity contribution in [1.82, 2.24) is 9.97 Å². The Kier molecular flexibility index (Phi) is 6.24. The summed E-state index contributed by atoms with van der Waals surface area (Å²) < 4.78 is 27.1. The number of fused-ring (bicyclic) bond motifs is 4. The van der Waals surface area contributed by atoms with Crippen LogP contribution in [0.15, 0.2) is 66.7 Å². The van der Waals surface area contributed by atoms with Crippen molar-refractivity contribution in [3.63, 3.8) is 0 Å². The Bertz CT molecular complexity index is 1850. The van der Waals surface area contributed by atoms with Gasteiger partial charge in [0, 0.05) is 21.9 Å². The van der Waals surface area contributed by atoms with Crippen LogP contribution >= 0.6 is 0 Å². The van der Waals surface area contributed by atoms with Gasteiger partial charge in [-0.15, -0.1) is 0 Å². The van der Waals surface area contributed by atoms with Crippen LogP contribution in [0.3, 0.4) is 0 Å². The second-order valence-electron chi connectivity index (χ2n) is 8.58. The molecule has 0 fully saturated rings. The number of hydrogen-bond acceptors (Lipinski definition) is 7. The van der Waals surface area contributed by atoms with Crippen molar-refractivity contribution in [1.29, 1.82) is 0 Å². The highest BCUT2D eigenvalue weighted by molar-refractivity contribution is 6.03. The minimum atomic E-state index is 0.230. The molecule has 0 spiro atoms. The van der Waals surface area contributed by atoms with E-state index in [0.29, 0.717) is 39.9 Å². The zero-order valence-electron chi connectivity index (χ0n) is 21.5. The third kappa shape index (κ3) is 4.70. The molecule has 1 aliphatic rings. The van der Waals surface area contributed by atoms with Gasteiger partial charge in [-0.1, -0.05) is 24.0 Å². The van der Waals surface area contributed by atoms with Gasteiger partial charge >= 0.3 is 0 Å². The molecule has 6 rings (SSSR count). The summed E-state index contributed by atoms with van der Waals surface area (Å²) in [6.07, 6.45) is 0. The van der Waals surface area contributed by atoms with Crippen molar-refractivity contribution in [2.75, 3.05) is 28.1 Å². The van der Waals surface area contributed by atoms with Crippen molar-refractivity contribution in [2.45, 2.75) is 0 Å². The molecule has 0 aliphatic carbocycles. The molecule has 3 aromatic carbocycles. The Morgan fingerprint density at radius 3 is 1.74 bits per heavy atom. The van der Waals surface area contributed by atoms with Gasteiger partial charge in [0.2, 0.25) is 12.5 Å². The first kappa shape index (κ1) is 24.0. The summed E-state index contributed by atoms with van der Waals surface area (Å²) in [4.78, 5) is 9.66. The molecule has 5 aromatic rings. The van der Waals surface area contributed by atoms with Crippen molar-refractivity contribution >= 4 is 21.8 Å². The Labute approximate surface area is 225 Å². The van der Waals surface area contributed by atoms with Crippen LogP contribution in [0.5, 0.6) is 28.7 Å². The van der Waals surface area contributed by atoms with E-state index in [-0.39, 0.29) is 6.79 Å². The van der Waals surface area contributed by atoms with E-state index in [1.54, 1.807) is 33.5 Å². The first-order chi connectivity index (χ1) is 19.1. The summed E-state index contributed by atoms with van der Waals surface area (Å²) in [5, 5.41) is 1.94. The largest absolute Gasteiger partial charge is 0.493 e. The molecule has 1 aliphatic heterocycles. The Morgan fingerprint density at radius 1 is 0.590 bits per heavy atom. The van der Waals surface area contributed by atoms with Gasteiger partial charge in [-0.25, -0.2) is 9.97 Å². The quantitative estimate of drug-likeness (QED) is 0.238. The highest BCUT2D eigenvalue weighted by atomic mass is 16.7. The van der Waals surface area contributed by atoms with Crippen molar-refractivity contribution in [3.8, 4) is 52.4 Å². The molecule has 0 saturated heterocycles. The lowest BCUT2D eigenvalue weighted by Crippen LogP contribution is -1.95. The number of rotatable bonds is 3. The van der Waals surface area contributed by atoms with Crippen LogP contribution in [0.1, 0.15) is 22.5 Å². The zero-order valence-corrected chi connectivity index (χ0v) is 21.5. The monoisotopic (exact) mass is 514 g/mol. The van der Waals surface area contributed by atoms with Gasteiger partial charge in [-0.05, 0) is 66.4 Å². The number of hydrogen-bond donors (Lipinski definition) is 0. The Morgan fingerprint density at radius 2 is 1.15 bits per heavy atom. The van der Waals surface area contributed by atoms with Crippen LogP contribution in [0, 0.1) is 23.7 Å². The molecule has 7 heteroatoms. The lowest BCUT2D eigenvalue weighted by Gasteiger charge is -2.12. The second-order valence-corrected chi connectivity index (χ2v) is 8.58. The van der Waals surface area contributed by atoms with Crippen LogP contribution in [0.4, 0.5) is 0 Å². The molecule has 39 heavy (non-hydrogen) atoms.